The summed E-state index contributed by atoms with van der Waals surface area (Å²) in [6.45, 7) is 9.70. The van der Waals surface area contributed by atoms with Gasteiger partial charge >= 0.3 is 0 Å². The zero-order chi connectivity index (χ0) is 15.8. The van der Waals surface area contributed by atoms with Crippen LogP contribution in [0.3, 0.4) is 0 Å². The molecule has 120 valence electrons. The fourth-order valence-corrected chi connectivity index (χ4v) is 2.27. The number of nitrogens with one attached hydrogen (secondary N) is 1. The predicted molar refractivity (Wildman–Crippen MR) is 89.4 cm³/mol. The van der Waals surface area contributed by atoms with Crippen LogP contribution in [0.4, 0.5) is 10.1 Å². The Morgan fingerprint density at radius 3 is 2.43 bits per heavy atom. The fraction of sp³-hybridized carbons (Fsp3) is 0.647. The molecule has 0 saturated carbocycles. The molecule has 1 aromatic carbocycles. The van der Waals surface area contributed by atoms with E-state index in [-0.39, 0.29) is 5.82 Å². The molecule has 0 aliphatic carbocycles. The van der Waals surface area contributed by atoms with Gasteiger partial charge in [0.15, 0.2) is 0 Å². The van der Waals surface area contributed by atoms with E-state index in [1.165, 1.54) is 0 Å². The van der Waals surface area contributed by atoms with Crippen LogP contribution in [-0.2, 0) is 6.54 Å². The highest BCUT2D eigenvalue weighted by Gasteiger charge is 2.10. The second-order valence-corrected chi connectivity index (χ2v) is 6.06. The highest BCUT2D eigenvalue weighted by atomic mass is 19.1. The Morgan fingerprint density at radius 2 is 1.90 bits per heavy atom. The molecular formula is C17H30FN3. The summed E-state index contributed by atoms with van der Waals surface area (Å²) in [5.74, 6) is -0.121. The summed E-state index contributed by atoms with van der Waals surface area (Å²) in [7, 11) is 4.13. The number of nitrogens with zero attached hydrogens (tertiary/aromatic N) is 2. The van der Waals surface area contributed by atoms with E-state index in [0.717, 1.165) is 31.6 Å². The molecule has 1 N–H and O–H groups in total. The maximum atomic E-state index is 14.3. The lowest BCUT2D eigenvalue weighted by Crippen LogP contribution is -2.28. The van der Waals surface area contributed by atoms with Gasteiger partial charge in [0.1, 0.15) is 5.82 Å². The van der Waals surface area contributed by atoms with Crippen LogP contribution in [0.25, 0.3) is 0 Å². The molecular weight excluding hydrogens is 265 g/mol. The smallest absolute Gasteiger partial charge is 0.146 e. The Bertz CT molecular complexity index is 418. The average molecular weight is 295 g/mol. The molecule has 0 atom stereocenters. The third-order valence-electron chi connectivity index (χ3n) is 3.48. The zero-order valence-corrected chi connectivity index (χ0v) is 14.1. The molecule has 0 spiro atoms. The quantitative estimate of drug-likeness (QED) is 0.755. The van der Waals surface area contributed by atoms with Gasteiger partial charge in [-0.25, -0.2) is 4.39 Å². The topological polar surface area (TPSA) is 18.5 Å². The van der Waals surface area contributed by atoms with Crippen molar-refractivity contribution in [2.24, 2.45) is 0 Å². The first-order chi connectivity index (χ1) is 9.93. The van der Waals surface area contributed by atoms with E-state index in [2.05, 4.69) is 50.0 Å². The Labute approximate surface area is 129 Å². The lowest BCUT2D eigenvalue weighted by molar-refractivity contribution is 0.400. The van der Waals surface area contributed by atoms with Gasteiger partial charge in [0.25, 0.3) is 0 Å². The molecule has 0 bridgehead atoms. The van der Waals surface area contributed by atoms with E-state index in [4.69, 9.17) is 0 Å². The first kappa shape index (κ1) is 17.9. The van der Waals surface area contributed by atoms with Crippen LogP contribution in [0.1, 0.15) is 32.8 Å². The molecule has 0 fully saturated rings. The maximum Gasteiger partial charge on any atom is 0.146 e. The van der Waals surface area contributed by atoms with Crippen molar-refractivity contribution in [3.63, 3.8) is 0 Å². The van der Waals surface area contributed by atoms with E-state index >= 15 is 0 Å². The van der Waals surface area contributed by atoms with Gasteiger partial charge < -0.3 is 15.1 Å². The summed E-state index contributed by atoms with van der Waals surface area (Å²) in [4.78, 5) is 4.27. The van der Waals surface area contributed by atoms with Crippen LogP contribution < -0.4 is 10.2 Å². The summed E-state index contributed by atoms with van der Waals surface area (Å²) in [5, 5.41) is 3.31. The number of benzene rings is 1. The predicted octanol–water partition coefficient (Wildman–Crippen LogP) is 3.10. The van der Waals surface area contributed by atoms with Crippen molar-refractivity contribution in [1.82, 2.24) is 10.2 Å². The van der Waals surface area contributed by atoms with Crippen LogP contribution in [0.15, 0.2) is 18.2 Å². The molecule has 4 heteroatoms. The van der Waals surface area contributed by atoms with Gasteiger partial charge in [-0.1, -0.05) is 19.9 Å². The van der Waals surface area contributed by atoms with Crippen molar-refractivity contribution >= 4 is 5.69 Å². The molecule has 0 aliphatic rings. The molecule has 0 amide bonds. The Kier molecular flexibility index (Phi) is 7.68. The van der Waals surface area contributed by atoms with E-state index in [1.807, 2.05) is 12.1 Å². The average Bonchev–Trinajstić information content (AvgIpc) is 2.42. The Morgan fingerprint density at radius 1 is 1.19 bits per heavy atom. The number of rotatable bonds is 9. The van der Waals surface area contributed by atoms with Crippen molar-refractivity contribution in [3.05, 3.63) is 29.6 Å². The molecule has 0 heterocycles. The summed E-state index contributed by atoms with van der Waals surface area (Å²) >= 11 is 0. The minimum Gasteiger partial charge on any atom is -0.369 e. The van der Waals surface area contributed by atoms with Gasteiger partial charge in [0.2, 0.25) is 0 Å². The first-order valence-corrected chi connectivity index (χ1v) is 7.85. The minimum absolute atomic E-state index is 0.121. The second-order valence-electron chi connectivity index (χ2n) is 6.06. The second kappa shape index (κ2) is 9.00. The van der Waals surface area contributed by atoms with Gasteiger partial charge in [-0.3, -0.25) is 0 Å². The standard InChI is InChI=1S/C17H30FN3/c1-6-21(11-7-10-20(4)5)17-9-8-15(12-16(17)18)13-19-14(2)3/h8-9,12,14,19H,6-7,10-11,13H2,1-5H3. The third-order valence-corrected chi connectivity index (χ3v) is 3.48. The van der Waals surface area contributed by atoms with E-state index in [9.17, 15) is 4.39 Å². The zero-order valence-electron chi connectivity index (χ0n) is 14.1. The molecule has 1 aromatic rings. The van der Waals surface area contributed by atoms with E-state index < -0.39 is 0 Å². The molecule has 3 nitrogen and oxygen atoms in total. The van der Waals surface area contributed by atoms with Crippen molar-refractivity contribution in [1.29, 1.82) is 0 Å². The van der Waals surface area contributed by atoms with Crippen molar-refractivity contribution in [2.75, 3.05) is 38.6 Å². The Hall–Kier alpha value is -1.13. The number of hydrogen-bond donors (Lipinski definition) is 1. The van der Waals surface area contributed by atoms with Crippen LogP contribution in [0.2, 0.25) is 0 Å². The normalized spacial score (nSPS) is 11.4. The summed E-state index contributed by atoms with van der Waals surface area (Å²) in [5.41, 5.74) is 1.71. The summed E-state index contributed by atoms with van der Waals surface area (Å²) in [6, 6.07) is 5.99. The minimum atomic E-state index is -0.121. The molecule has 0 unspecified atom stereocenters. The van der Waals surface area contributed by atoms with E-state index in [1.54, 1.807) is 6.07 Å². The number of hydrogen-bond acceptors (Lipinski definition) is 3. The van der Waals surface area contributed by atoms with Crippen molar-refractivity contribution < 1.29 is 4.39 Å². The third kappa shape index (κ3) is 6.44. The van der Waals surface area contributed by atoms with Gasteiger partial charge in [0.05, 0.1) is 5.69 Å². The highest BCUT2D eigenvalue weighted by Crippen LogP contribution is 2.21. The monoisotopic (exact) mass is 295 g/mol. The lowest BCUT2D eigenvalue weighted by Gasteiger charge is -2.24. The number of anilines is 1. The summed E-state index contributed by atoms with van der Waals surface area (Å²) in [6.07, 6.45) is 1.04. The highest BCUT2D eigenvalue weighted by molar-refractivity contribution is 5.49. The van der Waals surface area contributed by atoms with Gasteiger partial charge in [-0.05, 0) is 51.7 Å². The van der Waals surface area contributed by atoms with Gasteiger partial charge in [0, 0.05) is 25.7 Å². The number of halogens is 1. The van der Waals surface area contributed by atoms with Crippen molar-refractivity contribution in [3.8, 4) is 0 Å². The molecule has 21 heavy (non-hydrogen) atoms. The Balaban J connectivity index is 2.67. The van der Waals surface area contributed by atoms with Crippen LogP contribution in [0.5, 0.6) is 0 Å². The molecule has 0 aliphatic heterocycles. The molecule has 0 aromatic heterocycles. The SMILES string of the molecule is CCN(CCCN(C)C)c1ccc(CNC(C)C)cc1F. The largest absolute Gasteiger partial charge is 0.369 e. The van der Waals surface area contributed by atoms with Crippen LogP contribution >= 0.6 is 0 Å². The van der Waals surface area contributed by atoms with Gasteiger partial charge in [-0.15, -0.1) is 0 Å². The van der Waals surface area contributed by atoms with Crippen molar-refractivity contribution in [2.45, 2.75) is 39.8 Å². The fourth-order valence-electron chi connectivity index (χ4n) is 2.27. The van der Waals surface area contributed by atoms with E-state index in [0.29, 0.717) is 18.3 Å². The lowest BCUT2D eigenvalue weighted by atomic mass is 10.1. The summed E-state index contributed by atoms with van der Waals surface area (Å²) < 4.78 is 14.3. The first-order valence-electron chi connectivity index (χ1n) is 7.85. The van der Waals surface area contributed by atoms with Crippen LogP contribution in [0, 0.1) is 5.82 Å². The molecule has 0 radical (unpaired) electrons. The van der Waals surface area contributed by atoms with Crippen LogP contribution in [-0.4, -0.2) is 44.7 Å². The molecule has 0 saturated heterocycles. The maximum absolute atomic E-state index is 14.3. The molecule has 1 rings (SSSR count). The van der Waals surface area contributed by atoms with Gasteiger partial charge in [-0.2, -0.15) is 0 Å².